The van der Waals surface area contributed by atoms with E-state index >= 15 is 0 Å². The second kappa shape index (κ2) is 10.6. The number of hydrogen-bond acceptors (Lipinski definition) is 7. The number of ether oxygens (including phenoxy) is 3. The third kappa shape index (κ3) is 10.3. The first-order valence-electron chi connectivity index (χ1n) is 8.66. The number of rotatable bonds is 10. The molecule has 0 spiro atoms. The fourth-order valence-corrected chi connectivity index (χ4v) is 2.76. The van der Waals surface area contributed by atoms with Crippen LogP contribution >= 0.6 is 0 Å². The molecule has 1 unspecified atom stereocenters. The average molecular weight is 403 g/mol. The van der Waals surface area contributed by atoms with Gasteiger partial charge in [-0.25, -0.2) is 4.79 Å². The lowest BCUT2D eigenvalue weighted by molar-refractivity contribution is -0.133. The Balaban J connectivity index is 2.17. The van der Waals surface area contributed by atoms with Crippen LogP contribution in [-0.4, -0.2) is 52.8 Å². The van der Waals surface area contributed by atoms with Crippen molar-refractivity contribution in [1.82, 2.24) is 5.32 Å². The Morgan fingerprint density at radius 3 is 2.26 bits per heavy atom. The second-order valence-electron chi connectivity index (χ2n) is 6.83. The maximum Gasteiger partial charge on any atom is 0.407 e. The third-order valence-corrected chi connectivity index (χ3v) is 4.43. The lowest BCUT2D eigenvalue weighted by atomic mass is 10.2. The molecule has 0 radical (unpaired) electrons. The predicted molar refractivity (Wildman–Crippen MR) is 99.9 cm³/mol. The van der Waals surface area contributed by atoms with Crippen molar-refractivity contribution < 1.29 is 31.6 Å². The topological polar surface area (TPSA) is 100 Å². The minimum Gasteiger partial charge on any atom is -0.444 e. The van der Waals surface area contributed by atoms with Crippen LogP contribution in [0.4, 0.5) is 4.79 Å². The van der Waals surface area contributed by atoms with Crippen LogP contribution in [0.1, 0.15) is 33.3 Å². The van der Waals surface area contributed by atoms with Gasteiger partial charge >= 0.3 is 6.09 Å². The summed E-state index contributed by atoms with van der Waals surface area (Å²) in [4.78, 5) is 11.6. The maximum absolute atomic E-state index is 12.0. The monoisotopic (exact) mass is 403 g/mol. The van der Waals surface area contributed by atoms with Gasteiger partial charge in [-0.1, -0.05) is 17.7 Å². The van der Waals surface area contributed by atoms with Crippen molar-refractivity contribution in [2.45, 2.75) is 51.4 Å². The lowest BCUT2D eigenvalue weighted by Gasteiger charge is -2.20. The molecular formula is C18H29NO7S. The number of benzene rings is 1. The summed E-state index contributed by atoms with van der Waals surface area (Å²) in [5.74, 6) is 0. The van der Waals surface area contributed by atoms with E-state index in [1.807, 2.05) is 6.92 Å². The quantitative estimate of drug-likeness (QED) is 0.364. The molecule has 0 aliphatic heterocycles. The Morgan fingerprint density at radius 1 is 1.07 bits per heavy atom. The van der Waals surface area contributed by atoms with Crippen LogP contribution in [0.2, 0.25) is 0 Å². The first-order valence-corrected chi connectivity index (χ1v) is 10.1. The molecule has 0 heterocycles. The van der Waals surface area contributed by atoms with E-state index in [2.05, 4.69) is 5.32 Å². The fourth-order valence-electron chi connectivity index (χ4n) is 1.87. The molecule has 1 atom stereocenters. The summed E-state index contributed by atoms with van der Waals surface area (Å²) in [6.07, 6.45) is -1.09. The molecule has 1 rings (SSSR count). The van der Waals surface area contributed by atoms with Crippen molar-refractivity contribution in [3.8, 4) is 0 Å². The number of nitrogens with one attached hydrogen (secondary N) is 1. The van der Waals surface area contributed by atoms with Gasteiger partial charge in [0.2, 0.25) is 0 Å². The molecule has 9 heteroatoms. The van der Waals surface area contributed by atoms with Crippen molar-refractivity contribution >= 4 is 16.2 Å². The normalized spacial score (nSPS) is 13.2. The molecular weight excluding hydrogens is 374 g/mol. The van der Waals surface area contributed by atoms with Gasteiger partial charge < -0.3 is 19.5 Å². The van der Waals surface area contributed by atoms with Crippen LogP contribution in [0.15, 0.2) is 29.2 Å². The lowest BCUT2D eigenvalue weighted by Crippen LogP contribution is -2.34. The van der Waals surface area contributed by atoms with Crippen LogP contribution in [-0.2, 0) is 28.5 Å². The van der Waals surface area contributed by atoms with E-state index in [4.69, 9.17) is 18.4 Å². The minimum atomic E-state index is -3.80. The molecule has 0 fully saturated rings. The van der Waals surface area contributed by atoms with Crippen LogP contribution in [0.5, 0.6) is 0 Å². The van der Waals surface area contributed by atoms with Gasteiger partial charge in [-0.15, -0.1) is 0 Å². The molecule has 1 aromatic rings. The standard InChI is InChI=1S/C18H29NO7S/c1-14-6-8-16(9-7-14)27(21,22)25-13-12-24-15(2)23-11-10-19-17(20)26-18(3,4)5/h6-9,15H,10-13H2,1-5H3,(H,19,20). The number of carbonyl (C=O) groups excluding carboxylic acids is 1. The average Bonchev–Trinajstić information content (AvgIpc) is 2.54. The summed E-state index contributed by atoms with van der Waals surface area (Å²) >= 11 is 0. The van der Waals surface area contributed by atoms with Crippen LogP contribution in [0.25, 0.3) is 0 Å². The molecule has 0 bridgehead atoms. The fraction of sp³-hybridized carbons (Fsp3) is 0.611. The van der Waals surface area contributed by atoms with Gasteiger partial charge in [0.05, 0.1) is 24.7 Å². The van der Waals surface area contributed by atoms with Crippen LogP contribution in [0.3, 0.4) is 0 Å². The van der Waals surface area contributed by atoms with Crippen molar-refractivity contribution in [2.24, 2.45) is 0 Å². The smallest absolute Gasteiger partial charge is 0.407 e. The summed E-state index contributed by atoms with van der Waals surface area (Å²) in [7, 11) is -3.80. The SMILES string of the molecule is Cc1ccc(S(=O)(=O)OCCOC(C)OCCNC(=O)OC(C)(C)C)cc1. The van der Waals surface area contributed by atoms with Gasteiger partial charge in [0, 0.05) is 6.54 Å². The van der Waals surface area contributed by atoms with Crippen molar-refractivity contribution in [1.29, 1.82) is 0 Å². The molecule has 1 N–H and O–H groups in total. The highest BCUT2D eigenvalue weighted by Gasteiger charge is 2.16. The zero-order valence-electron chi connectivity index (χ0n) is 16.5. The van der Waals surface area contributed by atoms with Gasteiger partial charge in [0.1, 0.15) is 5.60 Å². The van der Waals surface area contributed by atoms with Gasteiger partial charge in [-0.3, -0.25) is 4.18 Å². The van der Waals surface area contributed by atoms with E-state index < -0.39 is 28.1 Å². The van der Waals surface area contributed by atoms with Crippen molar-refractivity contribution in [3.05, 3.63) is 29.8 Å². The first kappa shape index (κ1) is 23.4. The Hall–Kier alpha value is -1.68. The molecule has 27 heavy (non-hydrogen) atoms. The Labute approximate surface area is 161 Å². The zero-order chi connectivity index (χ0) is 20.5. The van der Waals surface area contributed by atoms with Crippen molar-refractivity contribution in [2.75, 3.05) is 26.4 Å². The highest BCUT2D eigenvalue weighted by atomic mass is 32.2. The highest BCUT2D eigenvalue weighted by Crippen LogP contribution is 2.13. The Bertz CT molecular complexity index is 681. The van der Waals surface area contributed by atoms with Gasteiger partial charge in [-0.05, 0) is 46.8 Å². The number of aryl methyl sites for hydroxylation is 1. The summed E-state index contributed by atoms with van der Waals surface area (Å²) in [5, 5.41) is 2.56. The van der Waals surface area contributed by atoms with E-state index in [-0.39, 0.29) is 31.3 Å². The predicted octanol–water partition coefficient (Wildman–Crippen LogP) is 2.60. The highest BCUT2D eigenvalue weighted by molar-refractivity contribution is 7.86. The van der Waals surface area contributed by atoms with Crippen molar-refractivity contribution in [3.63, 3.8) is 0 Å². The van der Waals surface area contributed by atoms with E-state index in [0.29, 0.717) is 0 Å². The van der Waals surface area contributed by atoms with Gasteiger partial charge in [0.25, 0.3) is 10.1 Å². The largest absolute Gasteiger partial charge is 0.444 e. The Morgan fingerprint density at radius 2 is 1.67 bits per heavy atom. The van der Waals surface area contributed by atoms with Crippen LogP contribution < -0.4 is 5.32 Å². The number of carbonyl (C=O) groups is 1. The molecule has 0 saturated carbocycles. The summed E-state index contributed by atoms with van der Waals surface area (Å²) in [6, 6.07) is 6.39. The summed E-state index contributed by atoms with van der Waals surface area (Å²) in [5.41, 5.74) is 0.407. The molecule has 1 aromatic carbocycles. The third-order valence-electron chi connectivity index (χ3n) is 3.11. The molecule has 0 aliphatic carbocycles. The van der Waals surface area contributed by atoms with E-state index in [1.54, 1.807) is 39.8 Å². The van der Waals surface area contributed by atoms with Crippen LogP contribution in [0, 0.1) is 6.92 Å². The second-order valence-corrected chi connectivity index (χ2v) is 8.44. The van der Waals surface area contributed by atoms with E-state index in [1.165, 1.54) is 12.1 Å². The molecule has 0 aromatic heterocycles. The number of amides is 1. The molecule has 0 aliphatic rings. The van der Waals surface area contributed by atoms with Gasteiger partial charge in [0.15, 0.2) is 6.29 Å². The number of hydrogen-bond donors (Lipinski definition) is 1. The first-order chi connectivity index (χ1) is 12.5. The van der Waals surface area contributed by atoms with Gasteiger partial charge in [-0.2, -0.15) is 8.42 Å². The van der Waals surface area contributed by atoms with E-state index in [0.717, 1.165) is 5.56 Å². The minimum absolute atomic E-state index is 0.0474. The van der Waals surface area contributed by atoms with E-state index in [9.17, 15) is 13.2 Å². The summed E-state index contributed by atoms with van der Waals surface area (Å²) < 4.78 is 44.7. The molecule has 1 amide bonds. The number of alkyl carbamates (subject to hydrolysis) is 1. The Kier molecular flexibility index (Phi) is 9.17. The summed E-state index contributed by atoms with van der Waals surface area (Å²) in [6.45, 7) is 9.29. The molecule has 0 saturated heterocycles. The molecule has 8 nitrogen and oxygen atoms in total. The molecule has 154 valence electrons. The zero-order valence-corrected chi connectivity index (χ0v) is 17.3. The maximum atomic E-state index is 12.0.